The number of aryl methyl sites for hydroxylation is 1. The minimum Gasteiger partial charge on any atom is -0.451 e. The summed E-state index contributed by atoms with van der Waals surface area (Å²) in [5, 5.41) is -0.220. The number of hydrogen-bond donors (Lipinski definition) is 0. The van der Waals surface area contributed by atoms with Gasteiger partial charge in [-0.25, -0.2) is 0 Å². The molecule has 0 bridgehead atoms. The summed E-state index contributed by atoms with van der Waals surface area (Å²) in [7, 11) is 0. The van der Waals surface area contributed by atoms with Crippen LogP contribution in [0.1, 0.15) is 26.3 Å². The standard InChI is InChI=1S/C16H10ClNO3/c1-9-3-2-4-10(7-9)21-16-13(17)14(19)12-8-18-6-5-11(12)15(16)20/h2-8H,1H3. The van der Waals surface area contributed by atoms with E-state index in [-0.39, 0.29) is 21.9 Å². The smallest absolute Gasteiger partial charge is 0.230 e. The fourth-order valence-electron chi connectivity index (χ4n) is 2.10. The van der Waals surface area contributed by atoms with Crippen LogP contribution < -0.4 is 4.74 Å². The second-order valence-electron chi connectivity index (χ2n) is 4.64. The molecule has 0 saturated heterocycles. The van der Waals surface area contributed by atoms with E-state index in [9.17, 15) is 9.59 Å². The molecule has 1 heterocycles. The summed E-state index contributed by atoms with van der Waals surface area (Å²) < 4.78 is 5.54. The van der Waals surface area contributed by atoms with Gasteiger partial charge in [-0.15, -0.1) is 0 Å². The summed E-state index contributed by atoms with van der Waals surface area (Å²) in [5.41, 5.74) is 1.43. The highest BCUT2D eigenvalue weighted by atomic mass is 35.5. The van der Waals surface area contributed by atoms with Gasteiger partial charge in [0.25, 0.3) is 0 Å². The van der Waals surface area contributed by atoms with Crippen LogP contribution in [-0.4, -0.2) is 16.6 Å². The molecule has 0 spiro atoms. The van der Waals surface area contributed by atoms with Gasteiger partial charge in [0.2, 0.25) is 11.6 Å². The Morgan fingerprint density at radius 3 is 2.67 bits per heavy atom. The fourth-order valence-corrected chi connectivity index (χ4v) is 2.33. The van der Waals surface area contributed by atoms with Crippen molar-refractivity contribution in [3.8, 4) is 5.75 Å². The van der Waals surface area contributed by atoms with Crippen LogP contribution in [0.5, 0.6) is 5.75 Å². The quantitative estimate of drug-likeness (QED) is 0.854. The maximum Gasteiger partial charge on any atom is 0.230 e. The first-order valence-electron chi connectivity index (χ1n) is 6.25. The highest BCUT2D eigenvalue weighted by molar-refractivity contribution is 6.49. The minimum atomic E-state index is -0.456. The van der Waals surface area contributed by atoms with Crippen molar-refractivity contribution in [2.45, 2.75) is 6.92 Å². The van der Waals surface area contributed by atoms with Crippen molar-refractivity contribution >= 4 is 23.2 Å². The fraction of sp³-hybridized carbons (Fsp3) is 0.0625. The molecule has 0 aliphatic heterocycles. The zero-order valence-corrected chi connectivity index (χ0v) is 11.8. The van der Waals surface area contributed by atoms with Crippen LogP contribution in [-0.2, 0) is 0 Å². The van der Waals surface area contributed by atoms with Crippen molar-refractivity contribution in [1.82, 2.24) is 4.98 Å². The highest BCUT2D eigenvalue weighted by Gasteiger charge is 2.33. The van der Waals surface area contributed by atoms with Gasteiger partial charge >= 0.3 is 0 Å². The first-order valence-corrected chi connectivity index (χ1v) is 6.63. The SMILES string of the molecule is Cc1cccc(OC2=C(Cl)C(=O)c3cnccc3C2=O)c1. The van der Waals surface area contributed by atoms with Gasteiger partial charge in [0, 0.05) is 18.0 Å². The number of hydrogen-bond acceptors (Lipinski definition) is 4. The van der Waals surface area contributed by atoms with Gasteiger partial charge in [0.15, 0.2) is 5.76 Å². The molecule has 104 valence electrons. The summed E-state index contributed by atoms with van der Waals surface area (Å²) >= 11 is 6.00. The van der Waals surface area contributed by atoms with Crippen LogP contribution >= 0.6 is 11.6 Å². The Morgan fingerprint density at radius 1 is 1.10 bits per heavy atom. The average molecular weight is 300 g/mol. The lowest BCUT2D eigenvalue weighted by Gasteiger charge is -2.17. The Morgan fingerprint density at radius 2 is 1.90 bits per heavy atom. The minimum absolute atomic E-state index is 0.147. The largest absolute Gasteiger partial charge is 0.451 e. The molecule has 1 aromatic heterocycles. The van der Waals surface area contributed by atoms with Crippen LogP contribution in [0, 0.1) is 6.92 Å². The predicted octanol–water partition coefficient (Wildman–Crippen LogP) is 3.30. The number of halogens is 1. The van der Waals surface area contributed by atoms with E-state index < -0.39 is 11.6 Å². The van der Waals surface area contributed by atoms with Gasteiger partial charge in [-0.2, -0.15) is 0 Å². The molecule has 21 heavy (non-hydrogen) atoms. The molecule has 0 unspecified atom stereocenters. The zero-order valence-electron chi connectivity index (χ0n) is 11.1. The van der Waals surface area contributed by atoms with Gasteiger partial charge < -0.3 is 4.74 Å². The number of nitrogens with zero attached hydrogens (tertiary/aromatic N) is 1. The van der Waals surface area contributed by atoms with Gasteiger partial charge in [-0.1, -0.05) is 23.7 Å². The number of fused-ring (bicyclic) bond motifs is 1. The van der Waals surface area contributed by atoms with E-state index in [4.69, 9.17) is 16.3 Å². The molecule has 0 saturated carbocycles. The first-order chi connectivity index (χ1) is 10.1. The second-order valence-corrected chi connectivity index (χ2v) is 5.02. The lowest BCUT2D eigenvalue weighted by molar-refractivity contribution is 0.0942. The Bertz CT molecular complexity index is 796. The molecule has 0 N–H and O–H groups in total. The molecule has 5 heteroatoms. The number of pyridine rings is 1. The van der Waals surface area contributed by atoms with Crippen molar-refractivity contribution in [3.05, 3.63) is 70.2 Å². The maximum atomic E-state index is 12.4. The molecule has 4 nitrogen and oxygen atoms in total. The van der Waals surface area contributed by atoms with Crippen molar-refractivity contribution in [2.75, 3.05) is 0 Å². The maximum absolute atomic E-state index is 12.4. The Balaban J connectivity index is 2.05. The first kappa shape index (κ1) is 13.5. The van der Waals surface area contributed by atoms with Gasteiger partial charge in [0.1, 0.15) is 10.8 Å². The number of rotatable bonds is 2. The molecule has 1 aliphatic carbocycles. The van der Waals surface area contributed by atoms with Crippen LogP contribution in [0.3, 0.4) is 0 Å². The number of ether oxygens (including phenoxy) is 1. The van der Waals surface area contributed by atoms with Crippen LogP contribution in [0.15, 0.2) is 53.5 Å². The molecular weight excluding hydrogens is 290 g/mol. The van der Waals surface area contributed by atoms with Crippen molar-refractivity contribution in [2.24, 2.45) is 0 Å². The normalized spacial score (nSPS) is 14.2. The number of carbonyl (C=O) groups excluding carboxylic acids is 2. The third-order valence-electron chi connectivity index (χ3n) is 3.12. The number of Topliss-reactive ketones (excluding diaryl/α,β-unsaturated/α-hetero) is 2. The van der Waals surface area contributed by atoms with Crippen molar-refractivity contribution in [3.63, 3.8) is 0 Å². The predicted molar refractivity (Wildman–Crippen MR) is 77.6 cm³/mol. The zero-order chi connectivity index (χ0) is 15.0. The number of ketones is 2. The summed E-state index contributed by atoms with van der Waals surface area (Å²) in [6.45, 7) is 1.90. The summed E-state index contributed by atoms with van der Waals surface area (Å²) in [6.07, 6.45) is 2.79. The van der Waals surface area contributed by atoms with Crippen molar-refractivity contribution < 1.29 is 14.3 Å². The molecule has 0 amide bonds. The van der Waals surface area contributed by atoms with Gasteiger partial charge in [-0.05, 0) is 30.7 Å². The third-order valence-corrected chi connectivity index (χ3v) is 3.47. The Hall–Kier alpha value is -2.46. The van der Waals surface area contributed by atoms with E-state index in [2.05, 4.69) is 4.98 Å². The molecule has 1 aliphatic rings. The molecule has 0 fully saturated rings. The number of carbonyl (C=O) groups is 2. The van der Waals surface area contributed by atoms with E-state index >= 15 is 0 Å². The van der Waals surface area contributed by atoms with E-state index in [0.717, 1.165) is 5.56 Å². The lowest BCUT2D eigenvalue weighted by atomic mass is 9.95. The molecule has 0 radical (unpaired) electrons. The average Bonchev–Trinajstić information content (AvgIpc) is 2.49. The van der Waals surface area contributed by atoms with Crippen molar-refractivity contribution in [1.29, 1.82) is 0 Å². The summed E-state index contributed by atoms with van der Waals surface area (Å²) in [4.78, 5) is 28.4. The van der Waals surface area contributed by atoms with Gasteiger partial charge in [0.05, 0.1) is 5.56 Å². The second kappa shape index (κ2) is 5.14. The number of allylic oxidation sites excluding steroid dienone is 2. The molecule has 1 aromatic carbocycles. The Kier molecular flexibility index (Phi) is 3.31. The van der Waals surface area contributed by atoms with Crippen LogP contribution in [0.25, 0.3) is 0 Å². The summed E-state index contributed by atoms with van der Waals surface area (Å²) in [5.74, 6) is -0.562. The highest BCUT2D eigenvalue weighted by Crippen LogP contribution is 2.30. The van der Waals surface area contributed by atoms with Crippen LogP contribution in [0.4, 0.5) is 0 Å². The number of benzene rings is 1. The van der Waals surface area contributed by atoms with Crippen LogP contribution in [0.2, 0.25) is 0 Å². The van der Waals surface area contributed by atoms with E-state index in [0.29, 0.717) is 5.75 Å². The molecular formula is C16H10ClNO3. The van der Waals surface area contributed by atoms with E-state index in [1.807, 2.05) is 13.0 Å². The summed E-state index contributed by atoms with van der Waals surface area (Å²) in [6, 6.07) is 8.64. The van der Waals surface area contributed by atoms with Gasteiger partial charge in [-0.3, -0.25) is 14.6 Å². The van der Waals surface area contributed by atoms with E-state index in [1.54, 1.807) is 18.2 Å². The third kappa shape index (κ3) is 2.34. The topological polar surface area (TPSA) is 56.3 Å². The molecule has 3 rings (SSSR count). The molecule has 2 aromatic rings. The molecule has 0 atom stereocenters. The Labute approximate surface area is 126 Å². The number of aromatic nitrogens is 1. The lowest BCUT2D eigenvalue weighted by Crippen LogP contribution is -2.23. The van der Waals surface area contributed by atoms with E-state index in [1.165, 1.54) is 18.5 Å². The monoisotopic (exact) mass is 299 g/mol.